The van der Waals surface area contributed by atoms with Crippen LogP contribution in [0.15, 0.2) is 0 Å². The number of hydrogen-bond acceptors (Lipinski definition) is 6. The van der Waals surface area contributed by atoms with Gasteiger partial charge in [-0.2, -0.15) is 0 Å². The fourth-order valence-electron chi connectivity index (χ4n) is 1.01. The van der Waals surface area contributed by atoms with Crippen molar-refractivity contribution in [3.8, 4) is 0 Å². The van der Waals surface area contributed by atoms with Crippen molar-refractivity contribution in [2.45, 2.75) is 24.8 Å². The van der Waals surface area contributed by atoms with Gasteiger partial charge >= 0.3 is 14.6 Å². The predicted octanol–water partition coefficient (Wildman–Crippen LogP) is -0.994. The Labute approximate surface area is 63.3 Å². The van der Waals surface area contributed by atoms with E-state index in [2.05, 4.69) is 0 Å². The van der Waals surface area contributed by atoms with Crippen molar-refractivity contribution in [1.29, 1.82) is 0 Å². The fourth-order valence-corrected chi connectivity index (χ4v) is 2.49. The van der Waals surface area contributed by atoms with Gasteiger partial charge in [-0.25, -0.2) is 0 Å². The summed E-state index contributed by atoms with van der Waals surface area (Å²) in [7, 11) is -1.45. The van der Waals surface area contributed by atoms with Crippen LogP contribution in [0.1, 0.15) is 6.92 Å². The van der Waals surface area contributed by atoms with Crippen LogP contribution in [0.3, 0.4) is 0 Å². The Balaban J connectivity index is 2.25. The van der Waals surface area contributed by atoms with Crippen molar-refractivity contribution < 1.29 is 28.9 Å². The van der Waals surface area contributed by atoms with E-state index >= 15 is 0 Å². The molecular weight excluding hydrogens is 175 g/mol. The normalized spacial score (nSPS) is 49.1. The van der Waals surface area contributed by atoms with Crippen LogP contribution in [0.25, 0.3) is 0 Å². The van der Waals surface area contributed by atoms with Gasteiger partial charge in [0.2, 0.25) is 0 Å². The lowest BCUT2D eigenvalue weighted by Gasteiger charge is -2.40. The first-order valence-corrected chi connectivity index (χ1v) is 4.07. The van der Waals surface area contributed by atoms with Gasteiger partial charge in [-0.05, 0) is 6.92 Å². The minimum atomic E-state index is -3.00. The summed E-state index contributed by atoms with van der Waals surface area (Å²) < 4.78 is 14.5. The highest BCUT2D eigenvalue weighted by Gasteiger charge is 2.73. The molecular formula is C4H7O6P. The van der Waals surface area contributed by atoms with Gasteiger partial charge in [0.1, 0.15) is 6.10 Å². The molecule has 7 heteroatoms. The van der Waals surface area contributed by atoms with Crippen molar-refractivity contribution >= 4 is 8.60 Å². The lowest BCUT2D eigenvalue weighted by molar-refractivity contribution is -0.446. The van der Waals surface area contributed by atoms with Crippen LogP contribution in [0.5, 0.6) is 0 Å². The highest BCUT2D eigenvalue weighted by atomic mass is 31.2. The first-order chi connectivity index (χ1) is 4.96. The van der Waals surface area contributed by atoms with Crippen LogP contribution in [0, 0.1) is 0 Å². The van der Waals surface area contributed by atoms with Crippen molar-refractivity contribution in [1.82, 2.24) is 0 Å². The summed E-state index contributed by atoms with van der Waals surface area (Å²) >= 11 is 0. The molecule has 0 spiro atoms. The largest absolute Gasteiger partial charge is 0.339 e. The maximum absolute atomic E-state index is 8.78. The second-order valence-electron chi connectivity index (χ2n) is 2.46. The average Bonchev–Trinajstić information content (AvgIpc) is 2.12. The molecule has 3 N–H and O–H groups in total. The Bertz CT molecular complexity index is 182. The van der Waals surface area contributed by atoms with Crippen LogP contribution in [-0.4, -0.2) is 33.2 Å². The van der Waals surface area contributed by atoms with Crippen LogP contribution in [-0.2, 0) is 13.6 Å². The molecule has 6 nitrogen and oxygen atoms in total. The van der Waals surface area contributed by atoms with Crippen LogP contribution in [0.2, 0.25) is 0 Å². The molecule has 64 valence electrons. The van der Waals surface area contributed by atoms with E-state index in [9.17, 15) is 0 Å². The molecule has 2 bridgehead atoms. The molecule has 1 unspecified atom stereocenters. The Morgan fingerprint density at radius 2 is 1.91 bits per heavy atom. The van der Waals surface area contributed by atoms with Crippen molar-refractivity contribution in [3.63, 3.8) is 0 Å². The van der Waals surface area contributed by atoms with Crippen molar-refractivity contribution in [2.75, 3.05) is 0 Å². The summed E-state index contributed by atoms with van der Waals surface area (Å²) in [5, 5.41) is 26.3. The lowest BCUT2D eigenvalue weighted by atomic mass is 10.1. The molecule has 0 aromatic carbocycles. The number of fused-ring (bicyclic) bond motifs is 1. The van der Waals surface area contributed by atoms with Gasteiger partial charge < -0.3 is 19.8 Å². The van der Waals surface area contributed by atoms with E-state index in [0.29, 0.717) is 0 Å². The van der Waals surface area contributed by atoms with Gasteiger partial charge in [0, 0.05) is 0 Å². The maximum atomic E-state index is 8.78. The molecule has 3 saturated heterocycles. The maximum Gasteiger partial charge on any atom is 0.339 e. The Morgan fingerprint density at radius 3 is 2.09 bits per heavy atom. The third kappa shape index (κ3) is 0.802. The molecule has 3 rings (SSSR count). The van der Waals surface area contributed by atoms with Gasteiger partial charge in [-0.3, -0.25) is 9.05 Å². The third-order valence-corrected chi connectivity index (χ3v) is 3.00. The summed E-state index contributed by atoms with van der Waals surface area (Å²) in [6.45, 7) is 1.52. The molecule has 3 aliphatic rings. The fraction of sp³-hybridized carbons (Fsp3) is 1.00. The van der Waals surface area contributed by atoms with Gasteiger partial charge in [0.05, 0.1) is 0 Å². The van der Waals surface area contributed by atoms with E-state index in [1.165, 1.54) is 6.92 Å². The van der Waals surface area contributed by atoms with Crippen LogP contribution >= 0.6 is 8.60 Å². The zero-order chi connectivity index (χ0) is 8.28. The van der Waals surface area contributed by atoms with Crippen molar-refractivity contribution in [3.05, 3.63) is 0 Å². The monoisotopic (exact) mass is 182 g/mol. The molecule has 0 aromatic rings. The van der Waals surface area contributed by atoms with E-state index < -0.39 is 26.5 Å². The zero-order valence-electron chi connectivity index (χ0n) is 5.59. The Morgan fingerprint density at radius 1 is 1.36 bits per heavy atom. The van der Waals surface area contributed by atoms with Gasteiger partial charge in [0.15, 0.2) is 0 Å². The van der Waals surface area contributed by atoms with Crippen LogP contribution < -0.4 is 0 Å². The standard InChI is InChI=1S/C4H7O6P/c1-2-3(4(5,6)7)9-11(8-2)10-3/h2,5-7H,1H3. The summed E-state index contributed by atoms with van der Waals surface area (Å²) in [5.41, 5.74) is 0. The number of aliphatic hydroxyl groups is 3. The molecule has 3 heterocycles. The molecule has 0 radical (unpaired) electrons. The second kappa shape index (κ2) is 1.92. The lowest BCUT2D eigenvalue weighted by Crippen LogP contribution is -2.62. The smallest absolute Gasteiger partial charge is 0.339 e. The Hall–Kier alpha value is 0.190. The molecule has 1 atom stereocenters. The quantitative estimate of drug-likeness (QED) is 0.356. The molecule has 11 heavy (non-hydrogen) atoms. The summed E-state index contributed by atoms with van der Waals surface area (Å²) in [4.78, 5) is 0. The van der Waals surface area contributed by atoms with E-state index in [-0.39, 0.29) is 0 Å². The predicted molar refractivity (Wildman–Crippen MR) is 31.8 cm³/mol. The molecule has 0 aliphatic carbocycles. The summed E-state index contributed by atoms with van der Waals surface area (Å²) in [5.74, 6) is -4.79. The Kier molecular flexibility index (Phi) is 1.36. The minimum absolute atomic E-state index is 0.673. The van der Waals surface area contributed by atoms with E-state index in [0.717, 1.165) is 0 Å². The van der Waals surface area contributed by atoms with E-state index in [4.69, 9.17) is 28.9 Å². The molecule has 0 aromatic heterocycles. The van der Waals surface area contributed by atoms with E-state index in [1.807, 2.05) is 0 Å². The third-order valence-electron chi connectivity index (χ3n) is 1.67. The zero-order valence-corrected chi connectivity index (χ0v) is 6.49. The first kappa shape index (κ1) is 7.82. The topological polar surface area (TPSA) is 88.4 Å². The molecule has 3 aliphatic heterocycles. The van der Waals surface area contributed by atoms with E-state index in [1.54, 1.807) is 0 Å². The summed E-state index contributed by atoms with van der Waals surface area (Å²) in [6, 6.07) is 0. The minimum Gasteiger partial charge on any atom is -0.339 e. The number of rotatable bonds is 1. The number of hydrogen-bond donors (Lipinski definition) is 3. The summed E-state index contributed by atoms with van der Waals surface area (Å²) in [6.07, 6.45) is -0.673. The highest BCUT2D eigenvalue weighted by molar-refractivity contribution is 7.43. The highest BCUT2D eigenvalue weighted by Crippen LogP contribution is 2.70. The molecule has 0 saturated carbocycles. The van der Waals surface area contributed by atoms with Crippen LogP contribution in [0.4, 0.5) is 0 Å². The average molecular weight is 182 g/mol. The molecule has 3 fully saturated rings. The van der Waals surface area contributed by atoms with Gasteiger partial charge in [-0.15, -0.1) is 0 Å². The first-order valence-electron chi connectivity index (χ1n) is 2.98. The van der Waals surface area contributed by atoms with Gasteiger partial charge in [0.25, 0.3) is 5.79 Å². The van der Waals surface area contributed by atoms with Crippen molar-refractivity contribution in [2.24, 2.45) is 0 Å². The van der Waals surface area contributed by atoms with Gasteiger partial charge in [-0.1, -0.05) is 0 Å². The second-order valence-corrected chi connectivity index (χ2v) is 3.48. The SMILES string of the molecule is CC1OP2OC1(C(O)(O)O)O2. The molecule has 0 amide bonds.